The quantitative estimate of drug-likeness (QED) is 0.392. The van der Waals surface area contributed by atoms with Crippen LogP contribution in [0.5, 0.6) is 0 Å². The van der Waals surface area contributed by atoms with Gasteiger partial charge in [0.05, 0.1) is 11.6 Å². The Morgan fingerprint density at radius 1 is 1.00 bits per heavy atom. The number of rotatable bonds is 7. The molecule has 0 saturated heterocycles. The van der Waals surface area contributed by atoms with Gasteiger partial charge in [-0.3, -0.25) is 9.69 Å². The number of pyridine rings is 1. The molecule has 0 fully saturated rings. The van der Waals surface area contributed by atoms with Crippen molar-refractivity contribution < 1.29 is 0 Å². The number of benzene rings is 2. The number of H-pyrrole nitrogens is 1. The molecule has 2 heterocycles. The van der Waals surface area contributed by atoms with E-state index in [0.717, 1.165) is 39.8 Å². The largest absolute Gasteiger partial charge is 0.322 e. The number of tetrazole rings is 1. The average Bonchev–Trinajstić information content (AvgIpc) is 3.27. The SMILES string of the molecule is CC[C@@H](c1nnnn1C(C)(C)C)N(Cc1ccc(C)cc1)Cc1cc2c(C)cc(C)cc2[nH]c1=O. The van der Waals surface area contributed by atoms with Crippen molar-refractivity contribution in [2.75, 3.05) is 0 Å². The Morgan fingerprint density at radius 3 is 2.37 bits per heavy atom. The fraction of sp³-hybridized carbons (Fsp3) is 0.429. The minimum absolute atomic E-state index is 0.0540. The predicted molar refractivity (Wildman–Crippen MR) is 140 cm³/mol. The van der Waals surface area contributed by atoms with E-state index in [1.165, 1.54) is 11.1 Å². The fourth-order valence-electron chi connectivity index (χ4n) is 4.74. The molecule has 7 heteroatoms. The molecule has 0 saturated carbocycles. The Kier molecular flexibility index (Phi) is 6.90. The second-order valence-electron chi connectivity index (χ2n) is 10.6. The van der Waals surface area contributed by atoms with Crippen LogP contribution >= 0.6 is 0 Å². The van der Waals surface area contributed by atoms with Crippen LogP contribution in [0.1, 0.15) is 73.8 Å². The molecule has 0 aliphatic heterocycles. The molecule has 4 rings (SSSR count). The first-order chi connectivity index (χ1) is 16.6. The van der Waals surface area contributed by atoms with Crippen molar-refractivity contribution in [2.45, 2.75) is 79.6 Å². The summed E-state index contributed by atoms with van der Waals surface area (Å²) in [7, 11) is 0. The van der Waals surface area contributed by atoms with E-state index in [-0.39, 0.29) is 17.1 Å². The van der Waals surface area contributed by atoms with E-state index in [2.05, 4.69) is 97.3 Å². The highest BCUT2D eigenvalue weighted by molar-refractivity contribution is 5.83. The summed E-state index contributed by atoms with van der Waals surface area (Å²) in [6, 6.07) is 14.7. The zero-order valence-electron chi connectivity index (χ0n) is 21.9. The molecule has 0 spiro atoms. The topological polar surface area (TPSA) is 79.7 Å². The van der Waals surface area contributed by atoms with Crippen LogP contribution in [0, 0.1) is 20.8 Å². The van der Waals surface area contributed by atoms with Gasteiger partial charge in [-0.2, -0.15) is 0 Å². The van der Waals surface area contributed by atoms with Crippen molar-refractivity contribution in [3.8, 4) is 0 Å². The first-order valence-electron chi connectivity index (χ1n) is 12.3. The Morgan fingerprint density at radius 2 is 1.71 bits per heavy atom. The van der Waals surface area contributed by atoms with Crippen molar-refractivity contribution in [3.63, 3.8) is 0 Å². The van der Waals surface area contributed by atoms with E-state index in [4.69, 9.17) is 0 Å². The van der Waals surface area contributed by atoms with Crippen molar-refractivity contribution in [2.24, 2.45) is 0 Å². The second kappa shape index (κ2) is 9.74. The Balaban J connectivity index is 1.79. The number of aromatic nitrogens is 5. The lowest BCUT2D eigenvalue weighted by molar-refractivity contribution is 0.153. The van der Waals surface area contributed by atoms with Crippen molar-refractivity contribution in [3.05, 3.63) is 86.5 Å². The summed E-state index contributed by atoms with van der Waals surface area (Å²) in [6.07, 6.45) is 0.812. The molecule has 1 N–H and O–H groups in total. The van der Waals surface area contributed by atoms with Gasteiger partial charge in [-0.05, 0) is 87.2 Å². The molecule has 184 valence electrons. The minimum atomic E-state index is -0.253. The van der Waals surface area contributed by atoms with Crippen molar-refractivity contribution in [1.82, 2.24) is 30.1 Å². The number of aryl methyl sites for hydroxylation is 3. The lowest BCUT2D eigenvalue weighted by Gasteiger charge is -2.32. The van der Waals surface area contributed by atoms with Gasteiger partial charge in [0.2, 0.25) is 0 Å². The molecule has 35 heavy (non-hydrogen) atoms. The first-order valence-corrected chi connectivity index (χ1v) is 12.3. The van der Waals surface area contributed by atoms with E-state index >= 15 is 0 Å². The third-order valence-electron chi connectivity index (χ3n) is 6.52. The molecule has 2 aromatic carbocycles. The molecule has 0 radical (unpaired) electrons. The average molecular weight is 473 g/mol. The van der Waals surface area contributed by atoms with E-state index in [1.54, 1.807) is 0 Å². The molecule has 2 aromatic heterocycles. The summed E-state index contributed by atoms with van der Waals surface area (Å²) in [4.78, 5) is 18.6. The van der Waals surface area contributed by atoms with Gasteiger partial charge in [-0.15, -0.1) is 5.10 Å². The number of fused-ring (bicyclic) bond motifs is 1. The van der Waals surface area contributed by atoms with Crippen LogP contribution in [-0.4, -0.2) is 30.1 Å². The molecule has 1 atom stereocenters. The lowest BCUT2D eigenvalue weighted by atomic mass is 10.0. The standard InChI is InChI=1S/C28H36N6O/c1-8-25(26-30-31-32-34(26)28(5,6)7)33(16-21-11-9-18(2)10-12-21)17-22-15-23-20(4)13-19(3)14-24(23)29-27(22)35/h9-15,25H,8,16-17H2,1-7H3,(H,29,35)/t25-/m0/s1. The summed E-state index contributed by atoms with van der Waals surface area (Å²) < 4.78 is 1.90. The van der Waals surface area contributed by atoms with Gasteiger partial charge in [0.1, 0.15) is 0 Å². The number of hydrogen-bond donors (Lipinski definition) is 1. The second-order valence-corrected chi connectivity index (χ2v) is 10.6. The summed E-state index contributed by atoms with van der Waals surface area (Å²) in [5, 5.41) is 13.8. The van der Waals surface area contributed by atoms with Gasteiger partial charge in [-0.1, -0.05) is 42.8 Å². The third-order valence-corrected chi connectivity index (χ3v) is 6.52. The minimum Gasteiger partial charge on any atom is -0.322 e. The monoisotopic (exact) mass is 472 g/mol. The van der Waals surface area contributed by atoms with Crippen molar-refractivity contribution in [1.29, 1.82) is 0 Å². The predicted octanol–water partition coefficient (Wildman–Crippen LogP) is 5.35. The number of nitrogens with one attached hydrogen (secondary N) is 1. The van der Waals surface area contributed by atoms with Crippen LogP contribution in [0.15, 0.2) is 47.3 Å². The molecular weight excluding hydrogens is 436 g/mol. The highest BCUT2D eigenvalue weighted by Crippen LogP contribution is 2.29. The molecule has 4 aromatic rings. The van der Waals surface area contributed by atoms with Crippen molar-refractivity contribution >= 4 is 10.9 Å². The summed E-state index contributed by atoms with van der Waals surface area (Å²) >= 11 is 0. The Bertz CT molecular complexity index is 1380. The first kappa shape index (κ1) is 24.8. The summed E-state index contributed by atoms with van der Waals surface area (Å²) in [5.74, 6) is 0.816. The number of hydrogen-bond acceptors (Lipinski definition) is 5. The van der Waals surface area contributed by atoms with E-state index in [1.807, 2.05) is 23.7 Å². The molecule has 0 bridgehead atoms. The molecule has 0 amide bonds. The maximum absolute atomic E-state index is 13.2. The van der Waals surface area contributed by atoms with Gasteiger partial charge in [0.15, 0.2) is 5.82 Å². The number of aromatic amines is 1. The van der Waals surface area contributed by atoms with Crippen LogP contribution in [-0.2, 0) is 18.6 Å². The third kappa shape index (κ3) is 5.35. The fourth-order valence-corrected chi connectivity index (χ4v) is 4.74. The smallest absolute Gasteiger partial charge is 0.252 e. The van der Waals surface area contributed by atoms with Gasteiger partial charge in [0.25, 0.3) is 5.56 Å². The van der Waals surface area contributed by atoms with Gasteiger partial charge in [-0.25, -0.2) is 4.68 Å². The molecule has 0 unspecified atom stereocenters. The van der Waals surface area contributed by atoms with Crippen LogP contribution in [0.2, 0.25) is 0 Å². The normalized spacial score (nSPS) is 13.0. The molecule has 0 aliphatic carbocycles. The van der Waals surface area contributed by atoms with Crippen LogP contribution in [0.4, 0.5) is 0 Å². The molecule has 0 aliphatic rings. The highest BCUT2D eigenvalue weighted by Gasteiger charge is 2.29. The maximum Gasteiger partial charge on any atom is 0.252 e. The van der Waals surface area contributed by atoms with Gasteiger partial charge >= 0.3 is 0 Å². The molecular formula is C28H36N6O. The summed E-state index contributed by atoms with van der Waals surface area (Å²) in [6.45, 7) is 15.8. The van der Waals surface area contributed by atoms with Crippen LogP contribution in [0.3, 0.4) is 0 Å². The lowest BCUT2D eigenvalue weighted by Crippen LogP contribution is -2.35. The Labute approximate surface area is 207 Å². The summed E-state index contributed by atoms with van der Waals surface area (Å²) in [5.41, 5.74) is 6.02. The van der Waals surface area contributed by atoms with E-state index in [9.17, 15) is 4.79 Å². The maximum atomic E-state index is 13.2. The van der Waals surface area contributed by atoms with Crippen LogP contribution < -0.4 is 5.56 Å². The Hall–Kier alpha value is -3.32. The number of nitrogens with zero attached hydrogens (tertiary/aromatic N) is 5. The van der Waals surface area contributed by atoms with E-state index < -0.39 is 0 Å². The van der Waals surface area contributed by atoms with E-state index in [0.29, 0.717) is 13.1 Å². The zero-order valence-corrected chi connectivity index (χ0v) is 21.9. The zero-order chi connectivity index (χ0) is 25.3. The van der Waals surface area contributed by atoms with Crippen LogP contribution in [0.25, 0.3) is 10.9 Å². The van der Waals surface area contributed by atoms with Gasteiger partial charge < -0.3 is 4.98 Å². The highest BCUT2D eigenvalue weighted by atomic mass is 16.1. The molecule has 7 nitrogen and oxygen atoms in total. The van der Waals surface area contributed by atoms with Gasteiger partial charge in [0, 0.05) is 29.6 Å².